The number of hydrogen-bond acceptors (Lipinski definition) is 2. The van der Waals surface area contributed by atoms with Crippen molar-refractivity contribution < 1.29 is 8.78 Å². The van der Waals surface area contributed by atoms with Crippen LogP contribution < -0.4 is 9.80 Å². The molecule has 32 heavy (non-hydrogen) atoms. The molecule has 0 N–H and O–H groups in total. The van der Waals surface area contributed by atoms with Crippen molar-refractivity contribution >= 4 is 111 Å². The maximum atomic E-state index is 13.7. The van der Waals surface area contributed by atoms with Gasteiger partial charge >= 0.3 is 0 Å². The molecule has 0 spiro atoms. The lowest BCUT2D eigenvalue weighted by atomic mass is 9.97. The summed E-state index contributed by atoms with van der Waals surface area (Å²) >= 11 is 23.1. The molecule has 0 aromatic heterocycles. The van der Waals surface area contributed by atoms with Gasteiger partial charge in [-0.25, -0.2) is 8.78 Å². The molecule has 4 rings (SSSR count). The standard InChI is InChI=1S/2C11H10Br2FNS/c2*1-6-2-3-7-9(15(6)5-16)4-8(12)11(14)10(7)13/h2*4-6H,2-3H2,1H3/t2*6-/m00/s1. The summed E-state index contributed by atoms with van der Waals surface area (Å²) in [5.74, 6) is -0.477. The minimum Gasteiger partial charge on any atom is -0.335 e. The number of fused-ring (bicyclic) bond motifs is 2. The molecule has 2 nitrogen and oxygen atoms in total. The van der Waals surface area contributed by atoms with E-state index in [0.717, 1.165) is 48.2 Å². The number of rotatable bonds is 2. The van der Waals surface area contributed by atoms with Crippen LogP contribution in [0.4, 0.5) is 20.2 Å². The summed E-state index contributed by atoms with van der Waals surface area (Å²) < 4.78 is 29.4. The topological polar surface area (TPSA) is 6.48 Å². The third kappa shape index (κ3) is 5.15. The fraction of sp³-hybridized carbons (Fsp3) is 0.364. The lowest BCUT2D eigenvalue weighted by molar-refractivity contribution is 0.593. The van der Waals surface area contributed by atoms with Crippen LogP contribution in [0.25, 0.3) is 0 Å². The second-order valence-corrected chi connectivity index (χ2v) is 11.5. The first-order chi connectivity index (χ1) is 15.1. The molecule has 0 fully saturated rings. The van der Waals surface area contributed by atoms with Crippen LogP contribution in [0.2, 0.25) is 0 Å². The molecule has 2 aromatic carbocycles. The zero-order chi connectivity index (χ0) is 23.7. The Morgan fingerprint density at radius 1 is 0.781 bits per heavy atom. The van der Waals surface area contributed by atoms with E-state index in [4.69, 9.17) is 24.4 Å². The normalized spacial score (nSPS) is 19.5. The highest BCUT2D eigenvalue weighted by atomic mass is 79.9. The Bertz CT molecular complexity index is 984. The Kier molecular flexibility index (Phi) is 9.28. The van der Waals surface area contributed by atoms with Crippen LogP contribution in [-0.4, -0.2) is 23.1 Å². The summed E-state index contributed by atoms with van der Waals surface area (Å²) in [6, 6.07) is 4.34. The Morgan fingerprint density at radius 2 is 1.12 bits per heavy atom. The van der Waals surface area contributed by atoms with Crippen LogP contribution in [0.1, 0.15) is 37.8 Å². The van der Waals surface area contributed by atoms with Crippen LogP contribution in [-0.2, 0) is 12.8 Å². The molecule has 2 aliphatic heterocycles. The Balaban J connectivity index is 0.000000181. The van der Waals surface area contributed by atoms with Crippen LogP contribution in [0.15, 0.2) is 30.0 Å². The predicted molar refractivity (Wildman–Crippen MR) is 151 cm³/mol. The Morgan fingerprint density at radius 3 is 1.44 bits per heavy atom. The molecule has 0 unspecified atom stereocenters. The van der Waals surface area contributed by atoms with Crippen LogP contribution in [0, 0.1) is 11.6 Å². The number of nitrogens with zero attached hydrogens (tertiary/aromatic N) is 2. The van der Waals surface area contributed by atoms with Crippen molar-refractivity contribution in [1.29, 1.82) is 0 Å². The molecule has 2 aromatic rings. The van der Waals surface area contributed by atoms with Gasteiger partial charge in [0, 0.05) is 23.5 Å². The van der Waals surface area contributed by atoms with E-state index in [1.165, 1.54) is 0 Å². The van der Waals surface area contributed by atoms with Gasteiger partial charge < -0.3 is 9.80 Å². The fourth-order valence-electron chi connectivity index (χ4n) is 3.96. The number of benzene rings is 2. The van der Waals surface area contributed by atoms with Crippen LogP contribution in [0.3, 0.4) is 0 Å². The molecule has 10 heteroatoms. The van der Waals surface area contributed by atoms with Crippen molar-refractivity contribution in [3.63, 3.8) is 0 Å². The van der Waals surface area contributed by atoms with E-state index in [0.29, 0.717) is 30.0 Å². The first kappa shape index (κ1) is 26.6. The molecule has 2 atom stereocenters. The van der Waals surface area contributed by atoms with E-state index >= 15 is 0 Å². The second kappa shape index (κ2) is 11.2. The summed E-state index contributed by atoms with van der Waals surface area (Å²) in [6.45, 7) is 4.24. The highest BCUT2D eigenvalue weighted by Crippen LogP contribution is 2.40. The predicted octanol–water partition coefficient (Wildman–Crippen LogP) is 8.90. The SMILES string of the molecule is C[C@H]1CCc2c(cc(Br)c(F)c2Br)N1C=S.C[C@H]1CCc2c(cc(Br)c(F)c2Br)N1C=S. The molecular formula is C22H20Br4F2N2S2. The average Bonchev–Trinajstić information content (AvgIpc) is 2.76. The minimum absolute atomic E-state index is 0.238. The average molecular weight is 734 g/mol. The van der Waals surface area contributed by atoms with E-state index < -0.39 is 0 Å². The van der Waals surface area contributed by atoms with Gasteiger partial charge in [0.05, 0.1) is 28.9 Å². The number of hydrogen-bond donors (Lipinski definition) is 0. The molecule has 2 heterocycles. The summed E-state index contributed by atoms with van der Waals surface area (Å²) in [5, 5.41) is 0. The molecule has 172 valence electrons. The van der Waals surface area contributed by atoms with Crippen molar-refractivity contribution in [3.8, 4) is 0 Å². The summed E-state index contributed by atoms with van der Waals surface area (Å²) in [6.07, 6.45) is 3.72. The molecule has 0 saturated heterocycles. The van der Waals surface area contributed by atoms with Gasteiger partial charge in [-0.2, -0.15) is 0 Å². The number of halogens is 6. The van der Waals surface area contributed by atoms with Crippen LogP contribution in [0.5, 0.6) is 0 Å². The van der Waals surface area contributed by atoms with Gasteiger partial charge in [0.15, 0.2) is 11.6 Å². The van der Waals surface area contributed by atoms with Gasteiger partial charge in [-0.05, 0) is 127 Å². The minimum atomic E-state index is -0.238. The van der Waals surface area contributed by atoms with Gasteiger partial charge in [-0.3, -0.25) is 0 Å². The Labute approximate surface area is 231 Å². The first-order valence-corrected chi connectivity index (χ1v) is 14.0. The zero-order valence-corrected chi connectivity index (χ0v) is 25.2. The fourth-order valence-corrected chi connectivity index (χ4v) is 7.19. The Hall–Kier alpha value is -0.000000000000000194. The summed E-state index contributed by atoms with van der Waals surface area (Å²) in [7, 11) is 0. The number of thiocarbonyl (C=S) groups is 2. The summed E-state index contributed by atoms with van der Waals surface area (Å²) in [5.41, 5.74) is 7.27. The molecule has 0 radical (unpaired) electrons. The lowest BCUT2D eigenvalue weighted by Gasteiger charge is -2.34. The zero-order valence-electron chi connectivity index (χ0n) is 17.3. The number of anilines is 2. The molecular weight excluding hydrogens is 714 g/mol. The van der Waals surface area contributed by atoms with Crippen molar-refractivity contribution in [2.75, 3.05) is 9.80 Å². The van der Waals surface area contributed by atoms with Gasteiger partial charge in [-0.1, -0.05) is 24.4 Å². The van der Waals surface area contributed by atoms with Gasteiger partial charge in [0.25, 0.3) is 0 Å². The summed E-state index contributed by atoms with van der Waals surface area (Å²) in [4.78, 5) is 4.03. The van der Waals surface area contributed by atoms with E-state index in [2.05, 4.69) is 77.6 Å². The van der Waals surface area contributed by atoms with Gasteiger partial charge in [-0.15, -0.1) is 0 Å². The van der Waals surface area contributed by atoms with E-state index in [9.17, 15) is 8.78 Å². The van der Waals surface area contributed by atoms with Crippen molar-refractivity contribution in [2.45, 2.75) is 51.6 Å². The highest BCUT2D eigenvalue weighted by Gasteiger charge is 2.27. The largest absolute Gasteiger partial charge is 0.335 e. The van der Waals surface area contributed by atoms with Gasteiger partial charge in [0.2, 0.25) is 0 Å². The first-order valence-electron chi connectivity index (χ1n) is 9.92. The van der Waals surface area contributed by atoms with E-state index in [1.54, 1.807) is 23.1 Å². The lowest BCUT2D eigenvalue weighted by Crippen LogP contribution is -2.35. The monoisotopic (exact) mass is 730 g/mol. The van der Waals surface area contributed by atoms with Gasteiger partial charge in [0.1, 0.15) is 0 Å². The quantitative estimate of drug-likeness (QED) is 0.225. The van der Waals surface area contributed by atoms with E-state index in [1.807, 2.05) is 9.80 Å². The maximum Gasteiger partial charge on any atom is 0.151 e. The van der Waals surface area contributed by atoms with E-state index in [-0.39, 0.29) is 11.6 Å². The van der Waals surface area contributed by atoms with Crippen molar-refractivity contribution in [1.82, 2.24) is 0 Å². The third-order valence-electron chi connectivity index (χ3n) is 5.84. The second-order valence-electron chi connectivity index (χ2n) is 7.77. The van der Waals surface area contributed by atoms with Crippen molar-refractivity contribution in [2.24, 2.45) is 0 Å². The molecule has 0 bridgehead atoms. The molecule has 0 saturated carbocycles. The van der Waals surface area contributed by atoms with Crippen LogP contribution >= 0.6 is 88.2 Å². The molecule has 0 aliphatic carbocycles. The van der Waals surface area contributed by atoms with Crippen molar-refractivity contribution in [3.05, 3.63) is 52.8 Å². The third-order valence-corrected chi connectivity index (χ3v) is 9.10. The maximum absolute atomic E-state index is 13.7. The molecule has 0 amide bonds. The highest BCUT2D eigenvalue weighted by molar-refractivity contribution is 9.11. The smallest absolute Gasteiger partial charge is 0.151 e. The molecule has 2 aliphatic rings.